The van der Waals surface area contributed by atoms with E-state index in [9.17, 15) is 14.4 Å². The number of aromatic nitrogens is 2. The van der Waals surface area contributed by atoms with Crippen LogP contribution in [0.2, 0.25) is 0 Å². The van der Waals surface area contributed by atoms with Gasteiger partial charge in [0, 0.05) is 12.5 Å². The lowest BCUT2D eigenvalue weighted by molar-refractivity contribution is -0.156. The van der Waals surface area contributed by atoms with E-state index in [0.717, 1.165) is 12.8 Å². The highest BCUT2D eigenvalue weighted by atomic mass is 16.6. The molecule has 24 heavy (non-hydrogen) atoms. The standard InChI is InChI=1S/C17H18N2O5/c1-23-16(21)10-24-15(20)9-8-14-18-13-5-3-2-4-12(13)17(22)19(14)11-6-7-11/h2-5,11H,6-10H2,1H3. The van der Waals surface area contributed by atoms with Crippen LogP contribution in [0.4, 0.5) is 0 Å². The molecule has 1 aliphatic carbocycles. The average molecular weight is 330 g/mol. The van der Waals surface area contributed by atoms with E-state index < -0.39 is 18.5 Å². The van der Waals surface area contributed by atoms with Gasteiger partial charge in [-0.1, -0.05) is 12.1 Å². The van der Waals surface area contributed by atoms with Crippen LogP contribution in [-0.4, -0.2) is 35.2 Å². The van der Waals surface area contributed by atoms with E-state index in [4.69, 9.17) is 4.74 Å². The van der Waals surface area contributed by atoms with Gasteiger partial charge in [-0.05, 0) is 25.0 Å². The Morgan fingerprint density at radius 1 is 1.25 bits per heavy atom. The topological polar surface area (TPSA) is 87.5 Å². The highest BCUT2D eigenvalue weighted by molar-refractivity contribution is 5.78. The molecule has 0 bridgehead atoms. The first kappa shape index (κ1) is 16.2. The summed E-state index contributed by atoms with van der Waals surface area (Å²) in [5, 5.41) is 0.585. The number of carbonyl (C=O) groups excluding carboxylic acids is 2. The average Bonchev–Trinajstić information content (AvgIpc) is 3.42. The number of esters is 2. The third-order valence-electron chi connectivity index (χ3n) is 3.92. The predicted molar refractivity (Wildman–Crippen MR) is 85.6 cm³/mol. The van der Waals surface area contributed by atoms with Gasteiger partial charge in [0.05, 0.1) is 24.4 Å². The first-order valence-corrected chi connectivity index (χ1v) is 7.82. The Bertz CT molecular complexity index is 838. The number of fused-ring (bicyclic) bond motifs is 1. The molecule has 1 aromatic carbocycles. The van der Waals surface area contributed by atoms with E-state index in [0.29, 0.717) is 16.7 Å². The molecule has 0 N–H and O–H groups in total. The van der Waals surface area contributed by atoms with Crippen molar-refractivity contribution >= 4 is 22.8 Å². The fourth-order valence-electron chi connectivity index (χ4n) is 2.56. The number of hydrogen-bond donors (Lipinski definition) is 0. The molecule has 0 radical (unpaired) electrons. The zero-order chi connectivity index (χ0) is 17.1. The van der Waals surface area contributed by atoms with Crippen LogP contribution in [0.3, 0.4) is 0 Å². The first-order chi connectivity index (χ1) is 11.6. The van der Waals surface area contributed by atoms with E-state index in [-0.39, 0.29) is 24.4 Å². The van der Waals surface area contributed by atoms with Crippen molar-refractivity contribution in [2.75, 3.05) is 13.7 Å². The summed E-state index contributed by atoms with van der Waals surface area (Å²) in [6.07, 6.45) is 2.23. The fraction of sp³-hybridized carbons (Fsp3) is 0.412. The van der Waals surface area contributed by atoms with Gasteiger partial charge in [0.1, 0.15) is 5.82 Å². The summed E-state index contributed by atoms with van der Waals surface area (Å²) in [7, 11) is 1.23. The molecule has 126 valence electrons. The number of aryl methyl sites for hydroxylation is 1. The predicted octanol–water partition coefficient (Wildman–Crippen LogP) is 1.38. The van der Waals surface area contributed by atoms with Crippen molar-refractivity contribution in [3.63, 3.8) is 0 Å². The molecule has 0 saturated heterocycles. The molecule has 0 atom stereocenters. The summed E-state index contributed by atoms with van der Waals surface area (Å²) in [6, 6.07) is 7.35. The van der Waals surface area contributed by atoms with E-state index in [2.05, 4.69) is 9.72 Å². The summed E-state index contributed by atoms with van der Waals surface area (Å²) in [5.41, 5.74) is 0.554. The maximum absolute atomic E-state index is 12.7. The quantitative estimate of drug-likeness (QED) is 0.744. The van der Waals surface area contributed by atoms with Gasteiger partial charge in [0.15, 0.2) is 6.61 Å². The summed E-state index contributed by atoms with van der Waals surface area (Å²) in [6.45, 7) is -0.407. The largest absolute Gasteiger partial charge is 0.466 e. The Morgan fingerprint density at radius 3 is 2.71 bits per heavy atom. The molecule has 1 fully saturated rings. The van der Waals surface area contributed by atoms with Crippen molar-refractivity contribution in [3.05, 3.63) is 40.4 Å². The van der Waals surface area contributed by atoms with Crippen LogP contribution < -0.4 is 5.56 Å². The molecular weight excluding hydrogens is 312 g/mol. The number of rotatable bonds is 6. The van der Waals surface area contributed by atoms with Crippen molar-refractivity contribution in [2.45, 2.75) is 31.7 Å². The smallest absolute Gasteiger partial charge is 0.344 e. The van der Waals surface area contributed by atoms with Crippen LogP contribution >= 0.6 is 0 Å². The number of para-hydroxylation sites is 1. The van der Waals surface area contributed by atoms with Crippen LogP contribution in [0.25, 0.3) is 10.9 Å². The van der Waals surface area contributed by atoms with Crippen LogP contribution in [0.1, 0.15) is 31.1 Å². The molecule has 2 aromatic rings. The fourth-order valence-corrected chi connectivity index (χ4v) is 2.56. The molecule has 1 aromatic heterocycles. The maximum atomic E-state index is 12.7. The van der Waals surface area contributed by atoms with Crippen molar-refractivity contribution in [3.8, 4) is 0 Å². The highest BCUT2D eigenvalue weighted by Crippen LogP contribution is 2.34. The van der Waals surface area contributed by atoms with Gasteiger partial charge < -0.3 is 9.47 Å². The number of methoxy groups -OCH3 is 1. The molecule has 3 rings (SSSR count). The van der Waals surface area contributed by atoms with Crippen molar-refractivity contribution in [1.29, 1.82) is 0 Å². The zero-order valence-corrected chi connectivity index (χ0v) is 13.4. The summed E-state index contributed by atoms with van der Waals surface area (Å²) < 4.78 is 10.9. The summed E-state index contributed by atoms with van der Waals surface area (Å²) in [5.74, 6) is -0.552. The summed E-state index contributed by atoms with van der Waals surface area (Å²) in [4.78, 5) is 39.9. The highest BCUT2D eigenvalue weighted by Gasteiger charge is 2.28. The minimum atomic E-state index is -0.609. The van der Waals surface area contributed by atoms with Crippen LogP contribution in [0.15, 0.2) is 29.1 Å². The van der Waals surface area contributed by atoms with Crippen molar-refractivity contribution in [2.24, 2.45) is 0 Å². The Balaban J connectivity index is 1.79. The second-order valence-electron chi connectivity index (χ2n) is 5.69. The Kier molecular flexibility index (Phi) is 4.59. The third-order valence-corrected chi connectivity index (χ3v) is 3.92. The molecular formula is C17H18N2O5. The molecule has 7 heteroatoms. The molecule has 0 aliphatic heterocycles. The Hall–Kier alpha value is -2.70. The second kappa shape index (κ2) is 6.82. The molecule has 1 heterocycles. The van der Waals surface area contributed by atoms with Gasteiger partial charge in [-0.3, -0.25) is 14.2 Å². The van der Waals surface area contributed by atoms with Crippen LogP contribution in [-0.2, 0) is 25.5 Å². The maximum Gasteiger partial charge on any atom is 0.344 e. The minimum Gasteiger partial charge on any atom is -0.466 e. The number of hydrogen-bond acceptors (Lipinski definition) is 6. The van der Waals surface area contributed by atoms with E-state index in [1.165, 1.54) is 7.11 Å². The summed E-state index contributed by atoms with van der Waals surface area (Å²) >= 11 is 0. The molecule has 1 aliphatic rings. The van der Waals surface area contributed by atoms with Gasteiger partial charge in [0.2, 0.25) is 0 Å². The van der Waals surface area contributed by atoms with E-state index >= 15 is 0 Å². The Morgan fingerprint density at radius 2 is 2.00 bits per heavy atom. The van der Waals surface area contributed by atoms with Gasteiger partial charge in [-0.25, -0.2) is 9.78 Å². The molecule has 0 unspecified atom stereocenters. The van der Waals surface area contributed by atoms with Crippen molar-refractivity contribution < 1.29 is 19.1 Å². The van der Waals surface area contributed by atoms with Crippen LogP contribution in [0, 0.1) is 0 Å². The second-order valence-corrected chi connectivity index (χ2v) is 5.69. The number of carbonyl (C=O) groups is 2. The van der Waals surface area contributed by atoms with Gasteiger partial charge in [-0.15, -0.1) is 0 Å². The SMILES string of the molecule is COC(=O)COC(=O)CCc1nc2ccccc2c(=O)n1C1CC1. The lowest BCUT2D eigenvalue weighted by atomic mass is 10.2. The van der Waals surface area contributed by atoms with Crippen molar-refractivity contribution in [1.82, 2.24) is 9.55 Å². The Labute approximate surface area is 138 Å². The minimum absolute atomic E-state index is 0.0501. The normalized spacial score (nSPS) is 13.7. The zero-order valence-electron chi connectivity index (χ0n) is 13.4. The number of ether oxygens (including phenoxy) is 2. The van der Waals surface area contributed by atoms with Gasteiger partial charge in [0.25, 0.3) is 5.56 Å². The third kappa shape index (κ3) is 3.45. The molecule has 0 spiro atoms. The lowest BCUT2D eigenvalue weighted by Gasteiger charge is -2.12. The van der Waals surface area contributed by atoms with Gasteiger partial charge >= 0.3 is 11.9 Å². The van der Waals surface area contributed by atoms with E-state index in [1.54, 1.807) is 16.7 Å². The number of benzene rings is 1. The number of nitrogens with zero attached hydrogens (tertiary/aromatic N) is 2. The van der Waals surface area contributed by atoms with E-state index in [1.807, 2.05) is 12.1 Å². The first-order valence-electron chi connectivity index (χ1n) is 7.82. The molecule has 7 nitrogen and oxygen atoms in total. The van der Waals surface area contributed by atoms with Gasteiger partial charge in [-0.2, -0.15) is 0 Å². The molecule has 0 amide bonds. The molecule has 1 saturated carbocycles. The lowest BCUT2D eigenvalue weighted by Crippen LogP contribution is -2.25. The van der Waals surface area contributed by atoms with Crippen LogP contribution in [0.5, 0.6) is 0 Å². The monoisotopic (exact) mass is 330 g/mol.